The molecule has 13 heavy (non-hydrogen) atoms. The molecule has 0 amide bonds. The van der Waals surface area contributed by atoms with Gasteiger partial charge in [0.25, 0.3) is 0 Å². The van der Waals surface area contributed by atoms with Crippen LogP contribution in [0.5, 0.6) is 0 Å². The molecule has 0 aliphatic carbocycles. The smallest absolute Gasteiger partial charge is 0.321 e. The summed E-state index contributed by atoms with van der Waals surface area (Å²) in [4.78, 5) is 22.1. The second kappa shape index (κ2) is 4.37. The van der Waals surface area contributed by atoms with Gasteiger partial charge in [-0.2, -0.15) is 25.3 Å². The SMILES string of the molecule is CC(S)(C(=O)O)C(C)(S)C(=O)SS. The summed E-state index contributed by atoms with van der Waals surface area (Å²) in [5, 5.41) is 8.36. The molecule has 0 aliphatic rings. The molecule has 0 fully saturated rings. The van der Waals surface area contributed by atoms with Crippen LogP contribution in [0.4, 0.5) is 0 Å². The number of thiol groups is 3. The van der Waals surface area contributed by atoms with Crippen LogP contribution in [0.15, 0.2) is 0 Å². The molecule has 2 atom stereocenters. The summed E-state index contributed by atoms with van der Waals surface area (Å²) in [7, 11) is 0.643. The third kappa shape index (κ3) is 2.51. The van der Waals surface area contributed by atoms with E-state index in [0.29, 0.717) is 10.8 Å². The van der Waals surface area contributed by atoms with E-state index >= 15 is 0 Å². The van der Waals surface area contributed by atoms with Gasteiger partial charge in [0.05, 0.1) is 0 Å². The Hall–Kier alpha value is 0.540. The normalized spacial score (nSPS) is 20.1. The molecule has 0 aromatic rings. The molecule has 0 bridgehead atoms. The summed E-state index contributed by atoms with van der Waals surface area (Å²) < 4.78 is -2.89. The van der Waals surface area contributed by atoms with Crippen LogP contribution in [0, 0.1) is 0 Å². The van der Waals surface area contributed by atoms with Crippen LogP contribution in [0.3, 0.4) is 0 Å². The molecule has 0 aliphatic heterocycles. The highest BCUT2D eigenvalue weighted by Gasteiger charge is 2.50. The Morgan fingerprint density at radius 1 is 1.23 bits per heavy atom. The van der Waals surface area contributed by atoms with E-state index in [1.165, 1.54) is 13.8 Å². The van der Waals surface area contributed by atoms with Gasteiger partial charge in [-0.25, -0.2) is 0 Å². The van der Waals surface area contributed by atoms with Crippen molar-refractivity contribution in [1.82, 2.24) is 0 Å². The maximum absolute atomic E-state index is 11.3. The van der Waals surface area contributed by atoms with Gasteiger partial charge in [0.15, 0.2) is 0 Å². The minimum Gasteiger partial charge on any atom is -0.480 e. The van der Waals surface area contributed by atoms with Crippen LogP contribution in [0.1, 0.15) is 13.8 Å². The van der Waals surface area contributed by atoms with Crippen LogP contribution in [-0.4, -0.2) is 25.7 Å². The number of rotatable bonds is 3. The van der Waals surface area contributed by atoms with Crippen LogP contribution >= 0.6 is 47.7 Å². The number of carbonyl (C=O) groups is 2. The lowest BCUT2D eigenvalue weighted by atomic mass is 9.95. The summed E-state index contributed by atoms with van der Waals surface area (Å²) in [6.07, 6.45) is 0. The predicted octanol–water partition coefficient (Wildman–Crippen LogP) is 1.55. The molecule has 7 heteroatoms. The number of carboxylic acid groups (broad SMARTS) is 1. The standard InChI is InChI=1S/C6H10O3S4/c1-5(10,3(7)8)6(2,11)4(9)13-12/h10-12H,1-2H3,(H,7,8). The van der Waals surface area contributed by atoms with E-state index in [1.54, 1.807) is 0 Å². The first-order valence-corrected chi connectivity index (χ1v) is 5.98. The Labute approximate surface area is 96.7 Å². The number of carboxylic acids is 1. The van der Waals surface area contributed by atoms with Crippen molar-refractivity contribution in [2.75, 3.05) is 0 Å². The first-order valence-electron chi connectivity index (χ1n) is 3.22. The summed E-state index contributed by atoms with van der Waals surface area (Å²) in [5.74, 6) is -1.19. The van der Waals surface area contributed by atoms with Crippen LogP contribution in [0.25, 0.3) is 0 Å². The van der Waals surface area contributed by atoms with E-state index in [-0.39, 0.29) is 0 Å². The van der Waals surface area contributed by atoms with Crippen molar-refractivity contribution in [3.05, 3.63) is 0 Å². The fourth-order valence-corrected chi connectivity index (χ4v) is 2.05. The predicted molar refractivity (Wildman–Crippen MR) is 64.0 cm³/mol. The summed E-state index contributed by atoms with van der Waals surface area (Å²) in [6.45, 7) is 2.73. The zero-order valence-corrected chi connectivity index (χ0v) is 10.5. The molecule has 0 spiro atoms. The van der Waals surface area contributed by atoms with Crippen molar-refractivity contribution in [1.29, 1.82) is 0 Å². The highest BCUT2D eigenvalue weighted by molar-refractivity contribution is 8.75. The number of hydrogen-bond acceptors (Lipinski definition) is 6. The molecular formula is C6H10O3S4. The van der Waals surface area contributed by atoms with E-state index in [2.05, 4.69) is 36.9 Å². The first-order chi connectivity index (χ1) is 5.67. The molecule has 0 aromatic carbocycles. The Kier molecular flexibility index (Phi) is 4.56. The molecule has 0 radical (unpaired) electrons. The quantitative estimate of drug-likeness (QED) is 0.458. The molecular weight excluding hydrogens is 248 g/mol. The minimum atomic E-state index is -1.52. The van der Waals surface area contributed by atoms with E-state index in [9.17, 15) is 9.59 Å². The van der Waals surface area contributed by atoms with Crippen molar-refractivity contribution < 1.29 is 14.7 Å². The number of aliphatic carboxylic acids is 1. The Morgan fingerprint density at radius 3 is 1.85 bits per heavy atom. The van der Waals surface area contributed by atoms with Gasteiger partial charge in [0, 0.05) is 0 Å². The Bertz CT molecular complexity index is 236. The molecule has 0 saturated heterocycles. The fraction of sp³-hybridized carbons (Fsp3) is 0.667. The molecule has 2 unspecified atom stereocenters. The van der Waals surface area contributed by atoms with Gasteiger partial charge in [0.1, 0.15) is 9.49 Å². The highest BCUT2D eigenvalue weighted by atomic mass is 33.1. The molecule has 0 saturated carbocycles. The van der Waals surface area contributed by atoms with Gasteiger partial charge in [0.2, 0.25) is 5.12 Å². The van der Waals surface area contributed by atoms with Gasteiger partial charge >= 0.3 is 5.97 Å². The Morgan fingerprint density at radius 2 is 1.62 bits per heavy atom. The van der Waals surface area contributed by atoms with Gasteiger partial charge < -0.3 is 5.11 Å². The largest absolute Gasteiger partial charge is 0.480 e. The molecule has 76 valence electrons. The van der Waals surface area contributed by atoms with Crippen molar-refractivity contribution >= 4 is 58.8 Å². The minimum absolute atomic E-state index is 0.445. The maximum atomic E-state index is 11.3. The van der Waals surface area contributed by atoms with Crippen molar-refractivity contribution in [2.24, 2.45) is 0 Å². The number of hydrogen-bond donors (Lipinski definition) is 4. The van der Waals surface area contributed by atoms with E-state index < -0.39 is 20.6 Å². The third-order valence-electron chi connectivity index (χ3n) is 1.84. The van der Waals surface area contributed by atoms with Crippen LogP contribution in [-0.2, 0) is 9.59 Å². The maximum Gasteiger partial charge on any atom is 0.321 e. The molecule has 0 heterocycles. The zero-order chi connectivity index (χ0) is 10.9. The molecule has 0 aromatic heterocycles. The first kappa shape index (κ1) is 13.5. The van der Waals surface area contributed by atoms with E-state index in [4.69, 9.17) is 5.11 Å². The molecule has 0 rings (SSSR count). The lowest BCUT2D eigenvalue weighted by Gasteiger charge is -2.33. The third-order valence-corrected chi connectivity index (χ3v) is 4.53. The zero-order valence-electron chi connectivity index (χ0n) is 7.01. The summed E-state index contributed by atoms with van der Waals surface area (Å²) >= 11 is 11.6. The van der Waals surface area contributed by atoms with Crippen molar-refractivity contribution in [3.63, 3.8) is 0 Å². The van der Waals surface area contributed by atoms with Gasteiger partial charge in [-0.3, -0.25) is 9.59 Å². The summed E-state index contributed by atoms with van der Waals surface area (Å²) in [6, 6.07) is 0. The van der Waals surface area contributed by atoms with E-state index in [0.717, 1.165) is 0 Å². The van der Waals surface area contributed by atoms with Crippen LogP contribution in [0.2, 0.25) is 0 Å². The second-order valence-electron chi connectivity index (χ2n) is 2.83. The monoisotopic (exact) mass is 258 g/mol. The van der Waals surface area contributed by atoms with Gasteiger partial charge in [-0.1, -0.05) is 0 Å². The van der Waals surface area contributed by atoms with Gasteiger partial charge in [-0.15, -0.1) is 11.7 Å². The summed E-state index contributed by atoms with van der Waals surface area (Å²) in [5.41, 5.74) is 0. The lowest BCUT2D eigenvalue weighted by molar-refractivity contribution is -0.141. The highest BCUT2D eigenvalue weighted by Crippen LogP contribution is 2.38. The second-order valence-corrected chi connectivity index (χ2v) is 5.72. The lowest BCUT2D eigenvalue weighted by Crippen LogP contribution is -2.51. The number of carbonyl (C=O) groups excluding carboxylic acids is 1. The Balaban J connectivity index is 5.02. The van der Waals surface area contributed by atoms with Crippen molar-refractivity contribution in [3.8, 4) is 0 Å². The molecule has 1 N–H and O–H groups in total. The molecule has 3 nitrogen and oxygen atoms in total. The van der Waals surface area contributed by atoms with Crippen molar-refractivity contribution in [2.45, 2.75) is 23.3 Å². The average Bonchev–Trinajstić information content (AvgIpc) is 2.02. The van der Waals surface area contributed by atoms with Crippen LogP contribution < -0.4 is 0 Å². The van der Waals surface area contributed by atoms with E-state index in [1.807, 2.05) is 0 Å². The van der Waals surface area contributed by atoms with Gasteiger partial charge in [-0.05, 0) is 24.6 Å². The average molecular weight is 258 g/mol. The topological polar surface area (TPSA) is 54.4 Å². The fourth-order valence-electron chi connectivity index (χ4n) is 0.496.